The number of nitrogens with one attached hydrogen (secondary N) is 1. The molecule has 2 rings (SSSR count). The summed E-state index contributed by atoms with van der Waals surface area (Å²) >= 11 is 5.54. The van der Waals surface area contributed by atoms with Crippen LogP contribution in [0, 0.1) is 0 Å². The van der Waals surface area contributed by atoms with Gasteiger partial charge in [0.1, 0.15) is 11.9 Å². The van der Waals surface area contributed by atoms with E-state index >= 15 is 0 Å². The maximum atomic E-state index is 12.7. The van der Waals surface area contributed by atoms with Crippen molar-refractivity contribution in [1.82, 2.24) is 5.32 Å². The lowest BCUT2D eigenvalue weighted by Crippen LogP contribution is -2.21. The highest BCUT2D eigenvalue weighted by Gasteiger charge is 2.33. The third kappa shape index (κ3) is 4.23. The van der Waals surface area contributed by atoms with E-state index in [-0.39, 0.29) is 18.1 Å². The molecule has 0 amide bonds. The van der Waals surface area contributed by atoms with Crippen molar-refractivity contribution in [2.24, 2.45) is 0 Å². The van der Waals surface area contributed by atoms with E-state index in [1.54, 1.807) is 12.1 Å². The van der Waals surface area contributed by atoms with Crippen molar-refractivity contribution >= 4 is 11.6 Å². The van der Waals surface area contributed by atoms with Crippen LogP contribution in [-0.2, 0) is 12.7 Å². The van der Waals surface area contributed by atoms with Crippen LogP contribution in [0.3, 0.4) is 0 Å². The molecule has 21 heavy (non-hydrogen) atoms. The van der Waals surface area contributed by atoms with E-state index in [1.807, 2.05) is 0 Å². The molecule has 114 valence electrons. The quantitative estimate of drug-likeness (QED) is 0.881. The Morgan fingerprint density at radius 1 is 1.29 bits per heavy atom. The first-order chi connectivity index (χ1) is 9.88. The minimum atomic E-state index is -4.49. The average molecular weight is 320 g/mol. The molecule has 2 N–H and O–H groups in total. The topological polar surface area (TPSA) is 45.4 Å². The molecule has 0 aliphatic carbocycles. The molecule has 7 heteroatoms. The second kappa shape index (κ2) is 6.51. The molecule has 3 nitrogen and oxygen atoms in total. The van der Waals surface area contributed by atoms with Crippen molar-refractivity contribution in [2.75, 3.05) is 6.54 Å². The van der Waals surface area contributed by atoms with Crippen LogP contribution in [0.25, 0.3) is 0 Å². The van der Waals surface area contributed by atoms with Gasteiger partial charge in [0.25, 0.3) is 0 Å². The van der Waals surface area contributed by atoms with Crippen molar-refractivity contribution < 1.29 is 22.7 Å². The Balaban J connectivity index is 1.95. The van der Waals surface area contributed by atoms with E-state index in [2.05, 4.69) is 5.32 Å². The summed E-state index contributed by atoms with van der Waals surface area (Å²) in [4.78, 5) is 0. The third-order valence-electron chi connectivity index (χ3n) is 2.87. The molecular formula is C14H13ClF3NO2. The number of aliphatic hydroxyl groups excluding tert-OH is 1. The van der Waals surface area contributed by atoms with Crippen LogP contribution in [-0.4, -0.2) is 11.7 Å². The molecule has 0 aliphatic rings. The maximum Gasteiger partial charge on any atom is 0.417 e. The minimum Gasteiger partial charge on any atom is -0.467 e. The van der Waals surface area contributed by atoms with Crippen LogP contribution in [0.2, 0.25) is 5.02 Å². The molecule has 1 aromatic carbocycles. The van der Waals surface area contributed by atoms with Crippen LogP contribution in [0.15, 0.2) is 41.0 Å². The molecule has 1 heterocycles. The van der Waals surface area contributed by atoms with Crippen molar-refractivity contribution in [3.63, 3.8) is 0 Å². The van der Waals surface area contributed by atoms with Gasteiger partial charge < -0.3 is 14.8 Å². The predicted molar refractivity (Wildman–Crippen MR) is 71.8 cm³/mol. The van der Waals surface area contributed by atoms with E-state index < -0.39 is 17.8 Å². The standard InChI is InChI=1S/C14H13ClF3NO2/c15-11-4-3-9(6-10(11)14(16,17)18)7-19-8-12(20)13-2-1-5-21-13/h1-6,12,19-20H,7-8H2. The second-order valence-corrected chi connectivity index (χ2v) is 4.88. The number of rotatable bonds is 5. The van der Waals surface area contributed by atoms with Gasteiger partial charge in [-0.1, -0.05) is 17.7 Å². The Morgan fingerprint density at radius 2 is 2.05 bits per heavy atom. The van der Waals surface area contributed by atoms with Crippen molar-refractivity contribution in [3.8, 4) is 0 Å². The fraction of sp³-hybridized carbons (Fsp3) is 0.286. The number of halogens is 4. The fourth-order valence-corrected chi connectivity index (χ4v) is 2.06. The lowest BCUT2D eigenvalue weighted by Gasteiger charge is -2.12. The molecule has 0 aliphatic heterocycles. The van der Waals surface area contributed by atoms with E-state index in [9.17, 15) is 18.3 Å². The van der Waals surface area contributed by atoms with Gasteiger partial charge in [-0.2, -0.15) is 13.2 Å². The summed E-state index contributed by atoms with van der Waals surface area (Å²) in [5.41, 5.74) is -0.437. The molecule has 1 unspecified atom stereocenters. The Hall–Kier alpha value is -1.50. The number of hydrogen-bond donors (Lipinski definition) is 2. The molecule has 0 spiro atoms. The van der Waals surface area contributed by atoms with Gasteiger partial charge in [0, 0.05) is 13.1 Å². The summed E-state index contributed by atoms with van der Waals surface area (Å²) in [6.07, 6.45) is -3.90. The first-order valence-electron chi connectivity index (χ1n) is 6.15. The lowest BCUT2D eigenvalue weighted by atomic mass is 10.1. The Kier molecular flexibility index (Phi) is 4.92. The summed E-state index contributed by atoms with van der Waals surface area (Å²) in [6.45, 7) is 0.343. The summed E-state index contributed by atoms with van der Waals surface area (Å²) in [5, 5.41) is 12.3. The first-order valence-corrected chi connectivity index (χ1v) is 6.53. The zero-order valence-corrected chi connectivity index (χ0v) is 11.6. The van der Waals surface area contributed by atoms with Gasteiger partial charge in [-0.3, -0.25) is 0 Å². The van der Waals surface area contributed by atoms with E-state index in [0.717, 1.165) is 6.07 Å². The van der Waals surface area contributed by atoms with Gasteiger partial charge >= 0.3 is 6.18 Å². The number of aliphatic hydroxyl groups is 1. The molecule has 1 atom stereocenters. The number of hydrogen-bond acceptors (Lipinski definition) is 3. The highest BCUT2D eigenvalue weighted by atomic mass is 35.5. The van der Waals surface area contributed by atoms with Gasteiger partial charge in [-0.25, -0.2) is 0 Å². The smallest absolute Gasteiger partial charge is 0.417 e. The number of benzene rings is 1. The zero-order valence-electron chi connectivity index (χ0n) is 10.8. The molecule has 0 fully saturated rings. The predicted octanol–water partition coefficient (Wildman–Crippen LogP) is 3.78. The molecule has 2 aromatic rings. The highest BCUT2D eigenvalue weighted by molar-refractivity contribution is 6.31. The molecule has 1 aromatic heterocycles. The zero-order chi connectivity index (χ0) is 15.5. The maximum absolute atomic E-state index is 12.7. The first kappa shape index (κ1) is 15.9. The van der Waals surface area contributed by atoms with Gasteiger partial charge in [-0.15, -0.1) is 0 Å². The van der Waals surface area contributed by atoms with Crippen molar-refractivity contribution in [1.29, 1.82) is 0 Å². The minimum absolute atomic E-state index is 0.164. The van der Waals surface area contributed by atoms with Crippen LogP contribution < -0.4 is 5.32 Å². The molecule has 0 radical (unpaired) electrons. The lowest BCUT2D eigenvalue weighted by molar-refractivity contribution is -0.137. The Labute approximate surface area is 124 Å². The van der Waals surface area contributed by atoms with Gasteiger partial charge in [0.15, 0.2) is 0 Å². The van der Waals surface area contributed by atoms with Gasteiger partial charge in [0.05, 0.1) is 16.8 Å². The number of furan rings is 1. The molecule has 0 saturated carbocycles. The Morgan fingerprint density at radius 3 is 2.67 bits per heavy atom. The van der Waals surface area contributed by atoms with Crippen LogP contribution in [0.5, 0.6) is 0 Å². The molecular weight excluding hydrogens is 307 g/mol. The normalized spacial score (nSPS) is 13.4. The summed E-state index contributed by atoms with van der Waals surface area (Å²) in [6, 6.07) is 6.98. The highest BCUT2D eigenvalue weighted by Crippen LogP contribution is 2.35. The summed E-state index contributed by atoms with van der Waals surface area (Å²) in [7, 11) is 0. The van der Waals surface area contributed by atoms with Crippen LogP contribution >= 0.6 is 11.6 Å². The van der Waals surface area contributed by atoms with Crippen LogP contribution in [0.4, 0.5) is 13.2 Å². The molecule has 0 bridgehead atoms. The average Bonchev–Trinajstić information content (AvgIpc) is 2.93. The second-order valence-electron chi connectivity index (χ2n) is 4.47. The fourth-order valence-electron chi connectivity index (χ4n) is 1.83. The SMILES string of the molecule is OC(CNCc1ccc(Cl)c(C(F)(F)F)c1)c1ccco1. The summed E-state index contributed by atoms with van der Waals surface area (Å²) < 4.78 is 43.1. The van der Waals surface area contributed by atoms with E-state index in [4.69, 9.17) is 16.0 Å². The largest absolute Gasteiger partial charge is 0.467 e. The van der Waals surface area contributed by atoms with E-state index in [0.29, 0.717) is 11.3 Å². The molecule has 0 saturated heterocycles. The van der Waals surface area contributed by atoms with Gasteiger partial charge in [0.2, 0.25) is 0 Å². The van der Waals surface area contributed by atoms with E-state index in [1.165, 1.54) is 18.4 Å². The van der Waals surface area contributed by atoms with Crippen LogP contribution in [0.1, 0.15) is 23.0 Å². The third-order valence-corrected chi connectivity index (χ3v) is 3.20. The van der Waals surface area contributed by atoms with Crippen molar-refractivity contribution in [3.05, 3.63) is 58.5 Å². The Bertz CT molecular complexity index is 584. The van der Waals surface area contributed by atoms with Gasteiger partial charge in [-0.05, 0) is 29.8 Å². The monoisotopic (exact) mass is 319 g/mol. The van der Waals surface area contributed by atoms with Crippen molar-refractivity contribution in [2.45, 2.75) is 18.8 Å². The number of alkyl halides is 3. The summed E-state index contributed by atoms with van der Waals surface area (Å²) in [5.74, 6) is 0.398.